The standard InChI is InChI=1S/C12H18ClN3O/c1-3-16-8-10(13)11(14-16)12(17)15-6-4-5-9(2)7-15/h8-9H,3-7H2,1-2H3/t9-/m1/s1. The maximum absolute atomic E-state index is 12.3. The van der Waals surface area contributed by atoms with Gasteiger partial charge < -0.3 is 4.90 Å². The average Bonchev–Trinajstić information content (AvgIpc) is 2.69. The molecular weight excluding hydrogens is 238 g/mol. The Kier molecular flexibility index (Phi) is 3.72. The first-order valence-corrected chi connectivity index (χ1v) is 6.51. The average molecular weight is 256 g/mol. The van der Waals surface area contributed by atoms with Crippen LogP contribution < -0.4 is 0 Å². The van der Waals surface area contributed by atoms with Crippen molar-refractivity contribution in [3.8, 4) is 0 Å². The van der Waals surface area contributed by atoms with E-state index in [9.17, 15) is 4.79 Å². The summed E-state index contributed by atoms with van der Waals surface area (Å²) in [7, 11) is 0. The number of amides is 1. The van der Waals surface area contributed by atoms with Crippen LogP contribution >= 0.6 is 11.6 Å². The summed E-state index contributed by atoms with van der Waals surface area (Å²) in [6, 6.07) is 0. The number of likely N-dealkylation sites (tertiary alicyclic amines) is 1. The van der Waals surface area contributed by atoms with Crippen molar-refractivity contribution in [2.24, 2.45) is 5.92 Å². The quantitative estimate of drug-likeness (QED) is 0.814. The van der Waals surface area contributed by atoms with Crippen LogP contribution in [0.4, 0.5) is 0 Å². The van der Waals surface area contributed by atoms with Gasteiger partial charge in [-0.05, 0) is 25.7 Å². The second-order valence-corrected chi connectivity index (χ2v) is 5.09. The monoisotopic (exact) mass is 255 g/mol. The first-order valence-electron chi connectivity index (χ1n) is 6.14. The van der Waals surface area contributed by atoms with E-state index < -0.39 is 0 Å². The molecule has 1 aromatic rings. The van der Waals surface area contributed by atoms with E-state index in [-0.39, 0.29) is 5.91 Å². The van der Waals surface area contributed by atoms with Crippen molar-refractivity contribution in [3.63, 3.8) is 0 Å². The van der Waals surface area contributed by atoms with Gasteiger partial charge in [-0.25, -0.2) is 0 Å². The first kappa shape index (κ1) is 12.4. The molecule has 0 spiro atoms. The zero-order valence-electron chi connectivity index (χ0n) is 10.3. The summed E-state index contributed by atoms with van der Waals surface area (Å²) in [4.78, 5) is 14.1. The smallest absolute Gasteiger partial charge is 0.275 e. The largest absolute Gasteiger partial charge is 0.337 e. The van der Waals surface area contributed by atoms with Gasteiger partial charge in [0.05, 0.1) is 5.02 Å². The molecule has 0 N–H and O–H groups in total. The second kappa shape index (κ2) is 5.08. The Morgan fingerprint density at radius 1 is 1.65 bits per heavy atom. The molecule has 0 aliphatic carbocycles. The molecule has 0 radical (unpaired) electrons. The van der Waals surface area contributed by atoms with Crippen molar-refractivity contribution >= 4 is 17.5 Å². The molecule has 2 heterocycles. The van der Waals surface area contributed by atoms with E-state index in [4.69, 9.17) is 11.6 Å². The Morgan fingerprint density at radius 3 is 3.00 bits per heavy atom. The van der Waals surface area contributed by atoms with Gasteiger partial charge in [-0.15, -0.1) is 0 Å². The van der Waals surface area contributed by atoms with E-state index in [1.165, 1.54) is 6.42 Å². The number of aryl methyl sites for hydroxylation is 1. The minimum Gasteiger partial charge on any atom is -0.337 e. The number of hydrogen-bond acceptors (Lipinski definition) is 2. The maximum atomic E-state index is 12.3. The van der Waals surface area contributed by atoms with Crippen LogP contribution in [0.3, 0.4) is 0 Å². The number of carbonyl (C=O) groups excluding carboxylic acids is 1. The fourth-order valence-corrected chi connectivity index (χ4v) is 2.46. The number of halogens is 1. The van der Waals surface area contributed by atoms with Crippen LogP contribution in [-0.2, 0) is 6.54 Å². The molecule has 2 rings (SSSR count). The molecule has 1 fully saturated rings. The topological polar surface area (TPSA) is 38.1 Å². The van der Waals surface area contributed by atoms with Gasteiger partial charge >= 0.3 is 0 Å². The molecule has 0 saturated carbocycles. The molecule has 0 unspecified atom stereocenters. The Bertz CT molecular complexity index is 416. The van der Waals surface area contributed by atoms with Gasteiger partial charge in [0.2, 0.25) is 0 Å². The molecule has 1 aliphatic rings. The summed E-state index contributed by atoms with van der Waals surface area (Å²) in [6.07, 6.45) is 3.97. The molecule has 1 aromatic heterocycles. The summed E-state index contributed by atoms with van der Waals surface area (Å²) in [5, 5.41) is 4.68. The van der Waals surface area contributed by atoms with Gasteiger partial charge in [0.15, 0.2) is 5.69 Å². The van der Waals surface area contributed by atoms with Crippen LogP contribution in [0, 0.1) is 5.92 Å². The Labute approximate surface area is 107 Å². The summed E-state index contributed by atoms with van der Waals surface area (Å²) in [6.45, 7) is 6.50. The predicted molar refractivity (Wildman–Crippen MR) is 67.2 cm³/mol. The third-order valence-electron chi connectivity index (χ3n) is 3.19. The zero-order valence-corrected chi connectivity index (χ0v) is 11.1. The van der Waals surface area contributed by atoms with Gasteiger partial charge in [0.1, 0.15) is 0 Å². The van der Waals surface area contributed by atoms with Crippen molar-refractivity contribution < 1.29 is 4.79 Å². The van der Waals surface area contributed by atoms with E-state index in [2.05, 4.69) is 12.0 Å². The number of carbonyl (C=O) groups is 1. The van der Waals surface area contributed by atoms with E-state index >= 15 is 0 Å². The fourth-order valence-electron chi connectivity index (χ4n) is 2.23. The molecule has 94 valence electrons. The lowest BCUT2D eigenvalue weighted by molar-refractivity contribution is 0.0676. The number of rotatable bonds is 2. The lowest BCUT2D eigenvalue weighted by atomic mass is 10.0. The Hall–Kier alpha value is -1.03. The van der Waals surface area contributed by atoms with Gasteiger partial charge in [-0.1, -0.05) is 18.5 Å². The second-order valence-electron chi connectivity index (χ2n) is 4.68. The van der Waals surface area contributed by atoms with Crippen molar-refractivity contribution in [2.45, 2.75) is 33.2 Å². The van der Waals surface area contributed by atoms with Crippen molar-refractivity contribution in [3.05, 3.63) is 16.9 Å². The maximum Gasteiger partial charge on any atom is 0.275 e. The normalized spacial score (nSPS) is 20.6. The molecular formula is C12H18ClN3O. The Morgan fingerprint density at radius 2 is 2.41 bits per heavy atom. The molecule has 1 amide bonds. The van der Waals surface area contributed by atoms with Gasteiger partial charge in [0, 0.05) is 25.8 Å². The minimum atomic E-state index is -0.0336. The van der Waals surface area contributed by atoms with E-state index in [0.29, 0.717) is 16.6 Å². The van der Waals surface area contributed by atoms with Gasteiger partial charge in [-0.2, -0.15) is 5.10 Å². The van der Waals surface area contributed by atoms with E-state index in [0.717, 1.165) is 26.1 Å². The highest BCUT2D eigenvalue weighted by Gasteiger charge is 2.25. The van der Waals surface area contributed by atoms with Gasteiger partial charge in [-0.3, -0.25) is 9.48 Å². The van der Waals surface area contributed by atoms with Crippen LogP contribution in [0.5, 0.6) is 0 Å². The highest BCUT2D eigenvalue weighted by atomic mass is 35.5. The van der Waals surface area contributed by atoms with Crippen molar-refractivity contribution in [1.82, 2.24) is 14.7 Å². The highest BCUT2D eigenvalue weighted by molar-refractivity contribution is 6.33. The molecule has 4 nitrogen and oxygen atoms in total. The Balaban J connectivity index is 2.15. The molecule has 5 heteroatoms. The van der Waals surface area contributed by atoms with Crippen LogP contribution in [-0.4, -0.2) is 33.7 Å². The molecule has 1 atom stereocenters. The molecule has 17 heavy (non-hydrogen) atoms. The number of aromatic nitrogens is 2. The van der Waals surface area contributed by atoms with Crippen molar-refractivity contribution in [2.75, 3.05) is 13.1 Å². The summed E-state index contributed by atoms with van der Waals surface area (Å²) in [5.41, 5.74) is 0.391. The van der Waals surface area contributed by atoms with Crippen LogP contribution in [0.15, 0.2) is 6.20 Å². The minimum absolute atomic E-state index is 0.0336. The summed E-state index contributed by atoms with van der Waals surface area (Å²) < 4.78 is 1.70. The summed E-state index contributed by atoms with van der Waals surface area (Å²) >= 11 is 6.04. The van der Waals surface area contributed by atoms with Crippen LogP contribution in [0.25, 0.3) is 0 Å². The first-order chi connectivity index (χ1) is 8.11. The van der Waals surface area contributed by atoms with E-state index in [1.807, 2.05) is 11.8 Å². The lowest BCUT2D eigenvalue weighted by Crippen LogP contribution is -2.39. The number of piperidine rings is 1. The highest BCUT2D eigenvalue weighted by Crippen LogP contribution is 2.21. The predicted octanol–water partition coefficient (Wildman–Crippen LogP) is 2.43. The third kappa shape index (κ3) is 2.63. The van der Waals surface area contributed by atoms with Crippen LogP contribution in [0.2, 0.25) is 5.02 Å². The summed E-state index contributed by atoms with van der Waals surface area (Å²) in [5.74, 6) is 0.536. The molecule has 1 saturated heterocycles. The lowest BCUT2D eigenvalue weighted by Gasteiger charge is -2.30. The number of hydrogen-bond donors (Lipinski definition) is 0. The van der Waals surface area contributed by atoms with Gasteiger partial charge in [0.25, 0.3) is 5.91 Å². The van der Waals surface area contributed by atoms with Crippen molar-refractivity contribution in [1.29, 1.82) is 0 Å². The van der Waals surface area contributed by atoms with E-state index in [1.54, 1.807) is 10.9 Å². The zero-order chi connectivity index (χ0) is 12.4. The molecule has 0 aromatic carbocycles. The number of nitrogens with zero attached hydrogens (tertiary/aromatic N) is 3. The SMILES string of the molecule is CCn1cc(Cl)c(C(=O)N2CCC[C@@H](C)C2)n1. The molecule has 1 aliphatic heterocycles. The fraction of sp³-hybridized carbons (Fsp3) is 0.667. The van der Waals surface area contributed by atoms with Crippen LogP contribution in [0.1, 0.15) is 37.2 Å². The third-order valence-corrected chi connectivity index (χ3v) is 3.46. The molecule has 0 bridgehead atoms.